The molecule has 0 saturated heterocycles. The zero-order chi connectivity index (χ0) is 12.4. The fourth-order valence-corrected chi connectivity index (χ4v) is 2.43. The smallest absolute Gasteiger partial charge is 0.0936 e. The van der Waals surface area contributed by atoms with Gasteiger partial charge >= 0.3 is 0 Å². The van der Waals surface area contributed by atoms with Gasteiger partial charge in [0, 0.05) is 22.2 Å². The van der Waals surface area contributed by atoms with Crippen molar-refractivity contribution in [2.45, 2.75) is 13.5 Å². The number of aromatic nitrogens is 2. The number of nitrogens with zero attached hydrogens (tertiary/aromatic N) is 2. The fraction of sp³-hybridized carbons (Fsp3) is 0.143. The summed E-state index contributed by atoms with van der Waals surface area (Å²) in [5.41, 5.74) is 4.99. The third-order valence-corrected chi connectivity index (χ3v) is 3.58. The Morgan fingerprint density at radius 1 is 1.22 bits per heavy atom. The average molecular weight is 255 g/mol. The molecule has 1 N–H and O–H groups in total. The SMILES string of the molecule is Cc1ccc2cccc(NCc3cncs3)c2n1. The Morgan fingerprint density at radius 3 is 3.00 bits per heavy atom. The molecule has 3 aromatic rings. The predicted molar refractivity (Wildman–Crippen MR) is 75.9 cm³/mol. The van der Waals surface area contributed by atoms with Gasteiger partial charge in [0.25, 0.3) is 0 Å². The lowest BCUT2D eigenvalue weighted by Crippen LogP contribution is -1.99. The minimum atomic E-state index is 0.791. The van der Waals surface area contributed by atoms with E-state index >= 15 is 0 Å². The third-order valence-electron chi connectivity index (χ3n) is 2.80. The van der Waals surface area contributed by atoms with Crippen LogP contribution < -0.4 is 5.32 Å². The summed E-state index contributed by atoms with van der Waals surface area (Å²) in [6, 6.07) is 10.3. The van der Waals surface area contributed by atoms with Gasteiger partial charge in [-0.1, -0.05) is 18.2 Å². The van der Waals surface area contributed by atoms with E-state index in [1.54, 1.807) is 11.3 Å². The number of aryl methyl sites for hydroxylation is 1. The third kappa shape index (κ3) is 2.19. The first kappa shape index (κ1) is 11.2. The van der Waals surface area contributed by atoms with Crippen molar-refractivity contribution >= 4 is 27.9 Å². The predicted octanol–water partition coefficient (Wildman–Crippen LogP) is 3.61. The second kappa shape index (κ2) is 4.74. The first-order valence-electron chi connectivity index (χ1n) is 5.80. The number of fused-ring (bicyclic) bond motifs is 1. The maximum Gasteiger partial charge on any atom is 0.0936 e. The minimum Gasteiger partial charge on any atom is -0.378 e. The Hall–Kier alpha value is -1.94. The van der Waals surface area contributed by atoms with Gasteiger partial charge in [0.2, 0.25) is 0 Å². The number of nitrogens with one attached hydrogen (secondary N) is 1. The normalized spacial score (nSPS) is 10.7. The average Bonchev–Trinajstić information content (AvgIpc) is 2.89. The summed E-state index contributed by atoms with van der Waals surface area (Å²) in [7, 11) is 0. The van der Waals surface area contributed by atoms with E-state index in [2.05, 4.69) is 33.5 Å². The Morgan fingerprint density at radius 2 is 2.17 bits per heavy atom. The summed E-state index contributed by atoms with van der Waals surface area (Å²) in [6.45, 7) is 2.80. The summed E-state index contributed by atoms with van der Waals surface area (Å²) in [5.74, 6) is 0. The van der Waals surface area contributed by atoms with Crippen molar-refractivity contribution in [2.75, 3.05) is 5.32 Å². The Balaban J connectivity index is 1.93. The van der Waals surface area contributed by atoms with Gasteiger partial charge in [0.1, 0.15) is 0 Å². The van der Waals surface area contributed by atoms with Crippen molar-refractivity contribution in [3.8, 4) is 0 Å². The summed E-state index contributed by atoms with van der Waals surface area (Å²) < 4.78 is 0. The fourth-order valence-electron chi connectivity index (χ4n) is 1.90. The Labute approximate surface area is 110 Å². The van der Waals surface area contributed by atoms with Gasteiger partial charge in [0.15, 0.2) is 0 Å². The number of para-hydroxylation sites is 1. The highest BCUT2D eigenvalue weighted by atomic mass is 32.1. The van der Waals surface area contributed by atoms with E-state index in [-0.39, 0.29) is 0 Å². The standard InChI is InChI=1S/C14H13N3S/c1-10-5-6-11-3-2-4-13(14(11)17-10)16-8-12-7-15-9-18-12/h2-7,9,16H,8H2,1H3. The molecule has 0 amide bonds. The maximum absolute atomic E-state index is 4.60. The van der Waals surface area contributed by atoms with Crippen molar-refractivity contribution in [1.29, 1.82) is 0 Å². The molecule has 2 heterocycles. The zero-order valence-electron chi connectivity index (χ0n) is 10.1. The molecule has 1 aromatic carbocycles. The lowest BCUT2D eigenvalue weighted by Gasteiger charge is -2.08. The van der Waals surface area contributed by atoms with E-state index in [9.17, 15) is 0 Å². The molecule has 3 rings (SSSR count). The second-order valence-electron chi connectivity index (χ2n) is 4.15. The molecular weight excluding hydrogens is 242 g/mol. The van der Waals surface area contributed by atoms with Crippen molar-refractivity contribution < 1.29 is 0 Å². The first-order valence-corrected chi connectivity index (χ1v) is 6.68. The molecular formula is C14H13N3S. The Kier molecular flexibility index (Phi) is 2.94. The van der Waals surface area contributed by atoms with Crippen LogP contribution in [0, 0.1) is 6.92 Å². The highest BCUT2D eigenvalue weighted by molar-refractivity contribution is 7.09. The molecule has 90 valence electrons. The van der Waals surface area contributed by atoms with Crippen molar-refractivity contribution in [3.63, 3.8) is 0 Å². The van der Waals surface area contributed by atoms with Crippen LogP contribution >= 0.6 is 11.3 Å². The molecule has 0 bridgehead atoms. The van der Waals surface area contributed by atoms with Crippen LogP contribution in [0.15, 0.2) is 42.0 Å². The molecule has 4 heteroatoms. The van der Waals surface area contributed by atoms with Crippen LogP contribution in [-0.2, 0) is 6.54 Å². The van der Waals surface area contributed by atoms with Crippen LogP contribution in [0.4, 0.5) is 5.69 Å². The van der Waals surface area contributed by atoms with Gasteiger partial charge in [-0.2, -0.15) is 0 Å². The van der Waals surface area contributed by atoms with E-state index in [0.717, 1.165) is 28.8 Å². The zero-order valence-corrected chi connectivity index (χ0v) is 10.9. The molecule has 0 aliphatic heterocycles. The van der Waals surface area contributed by atoms with Crippen LogP contribution in [0.2, 0.25) is 0 Å². The number of benzene rings is 1. The maximum atomic E-state index is 4.60. The second-order valence-corrected chi connectivity index (χ2v) is 5.12. The van der Waals surface area contributed by atoms with E-state index in [1.165, 1.54) is 4.88 Å². The van der Waals surface area contributed by atoms with Gasteiger partial charge in [-0.05, 0) is 19.1 Å². The van der Waals surface area contributed by atoms with Crippen molar-refractivity contribution in [1.82, 2.24) is 9.97 Å². The quantitative estimate of drug-likeness (QED) is 0.777. The van der Waals surface area contributed by atoms with Crippen LogP contribution in [0.25, 0.3) is 10.9 Å². The Bertz CT molecular complexity index is 662. The van der Waals surface area contributed by atoms with E-state index < -0.39 is 0 Å². The molecule has 2 aromatic heterocycles. The van der Waals surface area contributed by atoms with E-state index in [4.69, 9.17) is 0 Å². The molecule has 0 fully saturated rings. The van der Waals surface area contributed by atoms with Gasteiger partial charge < -0.3 is 5.32 Å². The number of thiazole rings is 1. The molecule has 0 radical (unpaired) electrons. The van der Waals surface area contributed by atoms with Crippen LogP contribution in [0.5, 0.6) is 0 Å². The van der Waals surface area contributed by atoms with Gasteiger partial charge in [-0.15, -0.1) is 11.3 Å². The van der Waals surface area contributed by atoms with Crippen LogP contribution in [0.3, 0.4) is 0 Å². The minimum absolute atomic E-state index is 0.791. The molecule has 18 heavy (non-hydrogen) atoms. The summed E-state index contributed by atoms with van der Waals surface area (Å²) in [6.07, 6.45) is 1.89. The molecule has 0 spiro atoms. The molecule has 3 nitrogen and oxygen atoms in total. The van der Waals surface area contributed by atoms with Gasteiger partial charge in [-0.25, -0.2) is 0 Å². The summed E-state index contributed by atoms with van der Waals surface area (Å²) in [5, 5.41) is 4.59. The highest BCUT2D eigenvalue weighted by Crippen LogP contribution is 2.22. The number of anilines is 1. The summed E-state index contributed by atoms with van der Waals surface area (Å²) in [4.78, 5) is 9.90. The van der Waals surface area contributed by atoms with Gasteiger partial charge in [0.05, 0.1) is 23.3 Å². The monoisotopic (exact) mass is 255 g/mol. The van der Waals surface area contributed by atoms with Crippen molar-refractivity contribution in [2.24, 2.45) is 0 Å². The number of rotatable bonds is 3. The molecule has 0 atom stereocenters. The lowest BCUT2D eigenvalue weighted by molar-refractivity contribution is 1.17. The van der Waals surface area contributed by atoms with E-state index in [1.807, 2.05) is 30.8 Å². The first-order chi connectivity index (χ1) is 8.83. The summed E-state index contributed by atoms with van der Waals surface area (Å²) >= 11 is 1.66. The number of hydrogen-bond acceptors (Lipinski definition) is 4. The largest absolute Gasteiger partial charge is 0.378 e. The molecule has 0 aliphatic rings. The number of pyridine rings is 1. The van der Waals surface area contributed by atoms with Gasteiger partial charge in [-0.3, -0.25) is 9.97 Å². The molecule has 0 unspecified atom stereocenters. The highest BCUT2D eigenvalue weighted by Gasteiger charge is 2.03. The van der Waals surface area contributed by atoms with Crippen molar-refractivity contribution in [3.05, 3.63) is 52.6 Å². The van der Waals surface area contributed by atoms with E-state index in [0.29, 0.717) is 0 Å². The van der Waals surface area contributed by atoms with Crippen LogP contribution in [-0.4, -0.2) is 9.97 Å². The number of hydrogen-bond donors (Lipinski definition) is 1. The topological polar surface area (TPSA) is 37.8 Å². The molecule has 0 saturated carbocycles. The molecule has 0 aliphatic carbocycles. The van der Waals surface area contributed by atoms with Crippen LogP contribution in [0.1, 0.15) is 10.6 Å². The lowest BCUT2D eigenvalue weighted by atomic mass is 10.1.